The van der Waals surface area contributed by atoms with Gasteiger partial charge in [-0.1, -0.05) is 13.0 Å². The first-order chi connectivity index (χ1) is 5.25. The Kier molecular flexibility index (Phi) is 2.47. The molecule has 1 heterocycles. The van der Waals surface area contributed by atoms with Crippen LogP contribution in [-0.2, 0) is 7.05 Å². The van der Waals surface area contributed by atoms with Crippen LogP contribution in [0.15, 0.2) is 12.3 Å². The third-order valence-corrected chi connectivity index (χ3v) is 1.69. The molecule has 0 N–H and O–H groups in total. The van der Waals surface area contributed by atoms with Gasteiger partial charge in [-0.15, -0.1) is 0 Å². The van der Waals surface area contributed by atoms with Gasteiger partial charge in [0.2, 0.25) is 0 Å². The van der Waals surface area contributed by atoms with E-state index in [1.54, 1.807) is 0 Å². The molecule has 1 aromatic rings. The van der Waals surface area contributed by atoms with Crippen LogP contribution in [0.2, 0.25) is 0 Å². The Bertz CT molecular complexity index is 239. The zero-order valence-electron chi connectivity index (χ0n) is 7.33. The number of aryl methyl sites for hydroxylation is 2. The number of aromatic nitrogens is 2. The van der Waals surface area contributed by atoms with Gasteiger partial charge in [0.15, 0.2) is 0 Å². The lowest BCUT2D eigenvalue weighted by atomic mass is 10.2. The second kappa shape index (κ2) is 3.37. The molecule has 0 atom stereocenters. The fourth-order valence-electron chi connectivity index (χ4n) is 1.03. The summed E-state index contributed by atoms with van der Waals surface area (Å²) in [6.07, 6.45) is 7.21. The van der Waals surface area contributed by atoms with Crippen molar-refractivity contribution < 1.29 is 0 Å². The number of nitrogens with zero attached hydrogens (tertiary/aromatic N) is 2. The second-order valence-corrected chi connectivity index (χ2v) is 2.65. The lowest BCUT2D eigenvalue weighted by Crippen LogP contribution is -1.92. The topological polar surface area (TPSA) is 17.8 Å². The Morgan fingerprint density at radius 2 is 2.36 bits per heavy atom. The quantitative estimate of drug-likeness (QED) is 0.631. The molecule has 0 unspecified atom stereocenters. The Hall–Kier alpha value is -1.05. The molecule has 60 valence electrons. The molecule has 0 aromatic carbocycles. The van der Waals surface area contributed by atoms with Crippen LogP contribution in [-0.4, -0.2) is 9.78 Å². The van der Waals surface area contributed by atoms with E-state index in [0.717, 1.165) is 6.42 Å². The highest BCUT2D eigenvalue weighted by molar-refractivity contribution is 5.48. The van der Waals surface area contributed by atoms with Crippen molar-refractivity contribution in [3.05, 3.63) is 23.5 Å². The van der Waals surface area contributed by atoms with Gasteiger partial charge in [0.25, 0.3) is 0 Å². The van der Waals surface area contributed by atoms with Crippen molar-refractivity contribution in [3.8, 4) is 0 Å². The predicted molar refractivity (Wildman–Crippen MR) is 47.3 cm³/mol. The van der Waals surface area contributed by atoms with Gasteiger partial charge in [-0.25, -0.2) is 0 Å². The van der Waals surface area contributed by atoms with Gasteiger partial charge in [0.1, 0.15) is 0 Å². The van der Waals surface area contributed by atoms with E-state index in [1.165, 1.54) is 11.3 Å². The van der Waals surface area contributed by atoms with E-state index in [9.17, 15) is 0 Å². The number of allylic oxidation sites excluding steroid dienone is 1. The average Bonchev–Trinajstić information content (AvgIpc) is 2.29. The minimum atomic E-state index is 1.07. The normalized spacial score (nSPS) is 11.2. The van der Waals surface area contributed by atoms with Gasteiger partial charge in [-0.2, -0.15) is 5.10 Å². The molecule has 2 nitrogen and oxygen atoms in total. The van der Waals surface area contributed by atoms with Crippen molar-refractivity contribution in [2.75, 3.05) is 0 Å². The minimum absolute atomic E-state index is 1.07. The summed E-state index contributed by atoms with van der Waals surface area (Å²) < 4.78 is 1.89. The highest BCUT2D eigenvalue weighted by atomic mass is 15.3. The molecule has 11 heavy (non-hydrogen) atoms. The van der Waals surface area contributed by atoms with E-state index in [4.69, 9.17) is 0 Å². The summed E-state index contributed by atoms with van der Waals surface area (Å²) in [5, 5.41) is 4.13. The molecule has 1 rings (SSSR count). The summed E-state index contributed by atoms with van der Waals surface area (Å²) in [5.41, 5.74) is 2.43. The first-order valence-electron chi connectivity index (χ1n) is 3.91. The van der Waals surface area contributed by atoms with Crippen molar-refractivity contribution in [3.63, 3.8) is 0 Å². The van der Waals surface area contributed by atoms with E-state index < -0.39 is 0 Å². The molecular weight excluding hydrogens is 136 g/mol. The Labute approximate surface area is 67.5 Å². The van der Waals surface area contributed by atoms with Crippen LogP contribution in [0.3, 0.4) is 0 Å². The maximum absolute atomic E-state index is 4.13. The van der Waals surface area contributed by atoms with Gasteiger partial charge >= 0.3 is 0 Å². The summed E-state index contributed by atoms with van der Waals surface area (Å²) >= 11 is 0. The van der Waals surface area contributed by atoms with Crippen molar-refractivity contribution >= 4 is 6.08 Å². The van der Waals surface area contributed by atoms with E-state index in [-0.39, 0.29) is 0 Å². The van der Waals surface area contributed by atoms with Crippen LogP contribution in [0.25, 0.3) is 6.08 Å². The Balaban J connectivity index is 2.92. The summed E-state index contributed by atoms with van der Waals surface area (Å²) in [5.74, 6) is 0. The van der Waals surface area contributed by atoms with Gasteiger partial charge < -0.3 is 0 Å². The lowest BCUT2D eigenvalue weighted by molar-refractivity contribution is 0.759. The average molecular weight is 150 g/mol. The van der Waals surface area contributed by atoms with Crippen LogP contribution in [0.4, 0.5) is 0 Å². The highest BCUT2D eigenvalue weighted by Crippen LogP contribution is 2.07. The molecule has 0 aliphatic heterocycles. The van der Waals surface area contributed by atoms with Crippen LogP contribution in [0.1, 0.15) is 24.6 Å². The summed E-state index contributed by atoms with van der Waals surface area (Å²) in [6.45, 7) is 4.20. The largest absolute Gasteiger partial charge is 0.268 e. The SMILES string of the molecule is CC/C=C\c1c(C)cnn1C. The Morgan fingerprint density at radius 1 is 1.64 bits per heavy atom. The molecule has 0 aliphatic carbocycles. The van der Waals surface area contributed by atoms with E-state index in [0.29, 0.717) is 0 Å². The van der Waals surface area contributed by atoms with Crippen molar-refractivity contribution in [2.45, 2.75) is 20.3 Å². The van der Waals surface area contributed by atoms with E-state index in [2.05, 4.69) is 31.1 Å². The number of hydrogen-bond donors (Lipinski definition) is 0. The lowest BCUT2D eigenvalue weighted by Gasteiger charge is -1.94. The van der Waals surface area contributed by atoms with Gasteiger partial charge in [-0.3, -0.25) is 4.68 Å². The Morgan fingerprint density at radius 3 is 2.82 bits per heavy atom. The van der Waals surface area contributed by atoms with Gasteiger partial charge in [0.05, 0.1) is 11.9 Å². The standard InChI is InChI=1S/C9H14N2/c1-4-5-6-9-8(2)7-10-11(9)3/h5-7H,4H2,1-3H3/b6-5-. The molecule has 0 saturated heterocycles. The predicted octanol–water partition coefficient (Wildman–Crippen LogP) is 2.15. The molecule has 0 amide bonds. The van der Waals surface area contributed by atoms with Crippen molar-refractivity contribution in [1.29, 1.82) is 0 Å². The molecule has 0 saturated carbocycles. The number of hydrogen-bond acceptors (Lipinski definition) is 1. The molecular formula is C9H14N2. The summed E-state index contributed by atoms with van der Waals surface area (Å²) in [7, 11) is 1.96. The number of rotatable bonds is 2. The molecule has 0 radical (unpaired) electrons. The monoisotopic (exact) mass is 150 g/mol. The van der Waals surface area contributed by atoms with Crippen LogP contribution in [0.5, 0.6) is 0 Å². The van der Waals surface area contributed by atoms with E-state index >= 15 is 0 Å². The summed E-state index contributed by atoms with van der Waals surface area (Å²) in [6, 6.07) is 0. The maximum atomic E-state index is 4.13. The van der Waals surface area contributed by atoms with Crippen LogP contribution >= 0.6 is 0 Å². The smallest absolute Gasteiger partial charge is 0.0632 e. The molecule has 2 heteroatoms. The minimum Gasteiger partial charge on any atom is -0.268 e. The fourth-order valence-corrected chi connectivity index (χ4v) is 1.03. The third-order valence-electron chi connectivity index (χ3n) is 1.69. The zero-order valence-corrected chi connectivity index (χ0v) is 7.33. The first kappa shape index (κ1) is 8.05. The molecule has 0 aliphatic rings. The maximum Gasteiger partial charge on any atom is 0.0632 e. The van der Waals surface area contributed by atoms with Crippen LogP contribution in [0, 0.1) is 6.92 Å². The molecule has 0 bridgehead atoms. The van der Waals surface area contributed by atoms with Gasteiger partial charge in [0, 0.05) is 7.05 Å². The molecule has 0 spiro atoms. The summed E-state index contributed by atoms with van der Waals surface area (Å²) in [4.78, 5) is 0. The van der Waals surface area contributed by atoms with Crippen LogP contribution < -0.4 is 0 Å². The molecule has 1 aromatic heterocycles. The second-order valence-electron chi connectivity index (χ2n) is 2.65. The van der Waals surface area contributed by atoms with Crippen molar-refractivity contribution in [2.24, 2.45) is 7.05 Å². The zero-order chi connectivity index (χ0) is 8.27. The molecule has 0 fully saturated rings. The fraction of sp³-hybridized carbons (Fsp3) is 0.444. The first-order valence-corrected chi connectivity index (χ1v) is 3.91. The highest BCUT2D eigenvalue weighted by Gasteiger charge is 1.97. The third kappa shape index (κ3) is 1.70. The van der Waals surface area contributed by atoms with Gasteiger partial charge in [-0.05, 0) is 25.0 Å². The van der Waals surface area contributed by atoms with E-state index in [1.807, 2.05) is 17.9 Å². The van der Waals surface area contributed by atoms with Crippen molar-refractivity contribution in [1.82, 2.24) is 9.78 Å².